The number of rotatable bonds is 2. The lowest BCUT2D eigenvalue weighted by Gasteiger charge is -2.16. The normalized spacial score (nSPS) is 9.64. The maximum absolute atomic E-state index is 11.4. The van der Waals surface area contributed by atoms with E-state index in [4.69, 9.17) is 5.73 Å². The van der Waals surface area contributed by atoms with Crippen molar-refractivity contribution >= 4 is 17.3 Å². The van der Waals surface area contributed by atoms with Gasteiger partial charge >= 0.3 is 5.97 Å². The molecule has 0 fully saturated rings. The average Bonchev–Trinajstić information content (AvgIpc) is 2.16. The molecule has 1 aromatic rings. The van der Waals surface area contributed by atoms with E-state index in [9.17, 15) is 4.79 Å². The maximum Gasteiger partial charge on any atom is 0.340 e. The molecule has 0 aliphatic heterocycles. The number of nitrogens with zero attached hydrogens (tertiary/aromatic N) is 1. The van der Waals surface area contributed by atoms with Crippen LogP contribution in [0.2, 0.25) is 0 Å². The molecule has 0 saturated carbocycles. The molecule has 1 aromatic carbocycles. The number of nitrogens with two attached hydrogens (primary N) is 1. The number of nitrogen functional groups attached to an aromatic ring is 1. The Morgan fingerprint density at radius 3 is 2.57 bits per heavy atom. The number of benzene rings is 1. The zero-order valence-electron chi connectivity index (χ0n) is 8.57. The van der Waals surface area contributed by atoms with Crippen LogP contribution in [-0.4, -0.2) is 27.2 Å². The van der Waals surface area contributed by atoms with Crippen LogP contribution < -0.4 is 10.6 Å². The zero-order chi connectivity index (χ0) is 10.7. The summed E-state index contributed by atoms with van der Waals surface area (Å²) in [5, 5.41) is 0. The Balaban J connectivity index is 3.22. The minimum absolute atomic E-state index is 0.374. The Kier molecular flexibility index (Phi) is 2.96. The first-order valence-corrected chi connectivity index (χ1v) is 4.21. The van der Waals surface area contributed by atoms with Crippen LogP contribution in [0.3, 0.4) is 0 Å². The molecule has 0 saturated heterocycles. The Bertz CT molecular complexity index is 348. The van der Waals surface area contributed by atoms with Crippen molar-refractivity contribution < 1.29 is 9.53 Å². The molecule has 0 unspecified atom stereocenters. The molecule has 14 heavy (non-hydrogen) atoms. The van der Waals surface area contributed by atoms with Gasteiger partial charge in [0, 0.05) is 19.8 Å². The fourth-order valence-electron chi connectivity index (χ4n) is 1.22. The highest BCUT2D eigenvalue weighted by molar-refractivity contribution is 5.96. The topological polar surface area (TPSA) is 55.6 Å². The highest BCUT2D eigenvalue weighted by Crippen LogP contribution is 2.21. The van der Waals surface area contributed by atoms with E-state index in [1.807, 2.05) is 19.0 Å². The van der Waals surface area contributed by atoms with Gasteiger partial charge in [-0.15, -0.1) is 0 Å². The monoisotopic (exact) mass is 194 g/mol. The number of esters is 1. The lowest BCUT2D eigenvalue weighted by atomic mass is 10.1. The Hall–Kier alpha value is -1.71. The number of carbonyl (C=O) groups is 1. The van der Waals surface area contributed by atoms with Crippen molar-refractivity contribution in [1.29, 1.82) is 0 Å². The van der Waals surface area contributed by atoms with Crippen LogP contribution in [0.5, 0.6) is 0 Å². The van der Waals surface area contributed by atoms with Gasteiger partial charge in [-0.2, -0.15) is 0 Å². The van der Waals surface area contributed by atoms with Crippen LogP contribution in [0.4, 0.5) is 11.4 Å². The third-order valence-electron chi connectivity index (χ3n) is 1.91. The number of hydrogen-bond acceptors (Lipinski definition) is 4. The van der Waals surface area contributed by atoms with Crippen molar-refractivity contribution in [3.63, 3.8) is 0 Å². The largest absolute Gasteiger partial charge is 0.465 e. The molecule has 1 rings (SSSR count). The number of anilines is 2. The summed E-state index contributed by atoms with van der Waals surface area (Å²) in [5.74, 6) is -0.374. The minimum Gasteiger partial charge on any atom is -0.465 e. The molecule has 0 bridgehead atoms. The Morgan fingerprint density at radius 1 is 1.43 bits per heavy atom. The van der Waals surface area contributed by atoms with Crippen LogP contribution in [-0.2, 0) is 4.74 Å². The molecule has 0 aliphatic carbocycles. The van der Waals surface area contributed by atoms with Gasteiger partial charge in [0.25, 0.3) is 0 Å². The van der Waals surface area contributed by atoms with E-state index < -0.39 is 0 Å². The number of methoxy groups -OCH3 is 1. The summed E-state index contributed by atoms with van der Waals surface area (Å²) < 4.78 is 4.66. The fraction of sp³-hybridized carbons (Fsp3) is 0.300. The fourth-order valence-corrected chi connectivity index (χ4v) is 1.22. The predicted octanol–water partition coefficient (Wildman–Crippen LogP) is 1.12. The van der Waals surface area contributed by atoms with E-state index in [1.165, 1.54) is 7.11 Å². The molecular formula is C10H14N2O2. The van der Waals surface area contributed by atoms with Gasteiger partial charge in [0.05, 0.1) is 18.4 Å². The third kappa shape index (κ3) is 1.96. The van der Waals surface area contributed by atoms with Crippen LogP contribution in [0, 0.1) is 0 Å². The van der Waals surface area contributed by atoms with E-state index in [0.29, 0.717) is 11.3 Å². The number of hydrogen-bond donors (Lipinski definition) is 1. The third-order valence-corrected chi connectivity index (χ3v) is 1.91. The first-order valence-electron chi connectivity index (χ1n) is 4.21. The summed E-state index contributed by atoms with van der Waals surface area (Å²) in [4.78, 5) is 13.2. The molecule has 0 aliphatic rings. The number of carbonyl (C=O) groups excluding carboxylic acids is 1. The summed E-state index contributed by atoms with van der Waals surface area (Å²) >= 11 is 0. The second-order valence-corrected chi connectivity index (χ2v) is 3.16. The molecule has 0 radical (unpaired) electrons. The van der Waals surface area contributed by atoms with Crippen LogP contribution in [0.1, 0.15) is 10.4 Å². The molecule has 0 heterocycles. The lowest BCUT2D eigenvalue weighted by Crippen LogP contribution is -2.15. The standard InChI is InChI=1S/C10H14N2O2/c1-12(2)9-5-4-7(11)6-8(9)10(13)14-3/h4-6H,11H2,1-3H3. The second-order valence-electron chi connectivity index (χ2n) is 3.16. The smallest absolute Gasteiger partial charge is 0.340 e. The highest BCUT2D eigenvalue weighted by Gasteiger charge is 2.13. The van der Waals surface area contributed by atoms with Gasteiger partial charge in [-0.05, 0) is 18.2 Å². The van der Waals surface area contributed by atoms with Crippen molar-refractivity contribution in [3.8, 4) is 0 Å². The summed E-state index contributed by atoms with van der Waals surface area (Å²) in [6, 6.07) is 5.16. The lowest BCUT2D eigenvalue weighted by molar-refractivity contribution is 0.0601. The van der Waals surface area contributed by atoms with Crippen molar-refractivity contribution in [2.75, 3.05) is 31.8 Å². The molecule has 2 N–H and O–H groups in total. The van der Waals surface area contributed by atoms with E-state index in [1.54, 1.807) is 18.2 Å². The molecule has 4 nitrogen and oxygen atoms in total. The molecule has 76 valence electrons. The highest BCUT2D eigenvalue weighted by atomic mass is 16.5. The van der Waals surface area contributed by atoms with Gasteiger partial charge in [0.2, 0.25) is 0 Å². The first-order chi connectivity index (χ1) is 6.56. The SMILES string of the molecule is COC(=O)c1cc(N)ccc1N(C)C. The Labute approximate surface area is 83.3 Å². The minimum atomic E-state index is -0.374. The van der Waals surface area contributed by atoms with Gasteiger partial charge in [-0.1, -0.05) is 0 Å². The quantitative estimate of drug-likeness (QED) is 0.566. The molecule has 4 heteroatoms. The average molecular weight is 194 g/mol. The predicted molar refractivity (Wildman–Crippen MR) is 56.5 cm³/mol. The molecule has 0 aromatic heterocycles. The molecule has 0 amide bonds. The second kappa shape index (κ2) is 4.00. The van der Waals surface area contributed by atoms with Crippen molar-refractivity contribution in [3.05, 3.63) is 23.8 Å². The van der Waals surface area contributed by atoms with Crippen molar-refractivity contribution in [2.45, 2.75) is 0 Å². The maximum atomic E-state index is 11.4. The molecular weight excluding hydrogens is 180 g/mol. The summed E-state index contributed by atoms with van der Waals surface area (Å²) in [6.45, 7) is 0. The van der Waals surface area contributed by atoms with E-state index in [0.717, 1.165) is 5.69 Å². The van der Waals surface area contributed by atoms with E-state index >= 15 is 0 Å². The van der Waals surface area contributed by atoms with Crippen molar-refractivity contribution in [2.24, 2.45) is 0 Å². The summed E-state index contributed by atoms with van der Waals surface area (Å²) in [7, 11) is 5.07. The molecule has 0 atom stereocenters. The first kappa shape index (κ1) is 10.4. The Morgan fingerprint density at radius 2 is 2.07 bits per heavy atom. The van der Waals surface area contributed by atoms with Gasteiger partial charge in [-0.3, -0.25) is 0 Å². The van der Waals surface area contributed by atoms with E-state index in [2.05, 4.69) is 4.74 Å². The van der Waals surface area contributed by atoms with Gasteiger partial charge in [0.1, 0.15) is 0 Å². The number of ether oxygens (including phenoxy) is 1. The van der Waals surface area contributed by atoms with Crippen LogP contribution in [0.25, 0.3) is 0 Å². The van der Waals surface area contributed by atoms with Gasteiger partial charge < -0.3 is 15.4 Å². The van der Waals surface area contributed by atoms with Crippen LogP contribution in [0.15, 0.2) is 18.2 Å². The van der Waals surface area contributed by atoms with Crippen molar-refractivity contribution in [1.82, 2.24) is 0 Å². The van der Waals surface area contributed by atoms with Gasteiger partial charge in [-0.25, -0.2) is 4.79 Å². The van der Waals surface area contributed by atoms with Gasteiger partial charge in [0.15, 0.2) is 0 Å². The molecule has 0 spiro atoms. The summed E-state index contributed by atoms with van der Waals surface area (Å²) in [6.07, 6.45) is 0. The summed E-state index contributed by atoms with van der Waals surface area (Å²) in [5.41, 5.74) is 7.43. The van der Waals surface area contributed by atoms with Crippen LogP contribution >= 0.6 is 0 Å². The zero-order valence-corrected chi connectivity index (χ0v) is 8.57. The van der Waals surface area contributed by atoms with E-state index in [-0.39, 0.29) is 5.97 Å².